The molecule has 9 heteroatoms. The Balaban J connectivity index is 4.49. The number of carbonyl (C=O) groups is 1. The molecule has 0 aromatic carbocycles. The summed E-state index contributed by atoms with van der Waals surface area (Å²) in [5, 5.41) is 26.2. The van der Waals surface area contributed by atoms with Gasteiger partial charge in [-0.05, 0) is 0 Å². The summed E-state index contributed by atoms with van der Waals surface area (Å²) in [5.41, 5.74) is 0. The van der Waals surface area contributed by atoms with Crippen LogP contribution < -0.4 is 0 Å². The first-order chi connectivity index (χ1) is 6.31. The third-order valence-electron chi connectivity index (χ3n) is 1.28. The van der Waals surface area contributed by atoms with E-state index >= 15 is 0 Å². The molecule has 0 amide bonds. The van der Waals surface area contributed by atoms with E-state index in [1.807, 2.05) is 0 Å². The summed E-state index contributed by atoms with van der Waals surface area (Å²) in [7, 11) is -4.91. The summed E-state index contributed by atoms with van der Waals surface area (Å²) in [5.74, 6) is 0. The highest BCUT2D eigenvalue weighted by Crippen LogP contribution is 2.05. The summed E-state index contributed by atoms with van der Waals surface area (Å²) in [4.78, 5) is 10.2. The van der Waals surface area contributed by atoms with E-state index in [4.69, 9.17) is 19.9 Å². The Morgan fingerprint density at radius 2 is 1.86 bits per heavy atom. The molecule has 0 aliphatic rings. The number of aliphatic hydroxyl groups is 3. The molecule has 0 spiro atoms. The summed E-state index contributed by atoms with van der Waals surface area (Å²) < 4.78 is 32.1. The van der Waals surface area contributed by atoms with Crippen LogP contribution in [0.1, 0.15) is 0 Å². The van der Waals surface area contributed by atoms with Gasteiger partial charge in [-0.2, -0.15) is 8.42 Å². The molecule has 4 N–H and O–H groups in total. The van der Waals surface area contributed by atoms with Crippen molar-refractivity contribution in [3.05, 3.63) is 0 Å². The molecular weight excluding hydrogens is 220 g/mol. The van der Waals surface area contributed by atoms with E-state index < -0.39 is 35.3 Å². The van der Waals surface area contributed by atoms with Crippen molar-refractivity contribution in [1.29, 1.82) is 0 Å². The lowest BCUT2D eigenvalue weighted by Gasteiger charge is -2.19. The molecule has 0 radical (unpaired) electrons. The first-order valence-corrected chi connectivity index (χ1v) is 4.76. The Morgan fingerprint density at radius 1 is 1.36 bits per heavy atom. The molecule has 3 atom stereocenters. The van der Waals surface area contributed by atoms with Gasteiger partial charge in [0, 0.05) is 0 Å². The molecule has 84 valence electrons. The Hall–Kier alpha value is -0.580. The third-order valence-corrected chi connectivity index (χ3v) is 1.75. The van der Waals surface area contributed by atoms with Crippen molar-refractivity contribution < 1.29 is 37.3 Å². The van der Waals surface area contributed by atoms with Crippen molar-refractivity contribution in [2.24, 2.45) is 0 Å². The fraction of sp³-hybridized carbons (Fsp3) is 0.800. The number of hydrogen-bond donors (Lipinski definition) is 4. The SMILES string of the molecule is O=C[C@@H](OS(=O)(=O)O)[C@@H](O)[C@H](O)CO. The molecule has 0 aromatic heterocycles. The fourth-order valence-electron chi connectivity index (χ4n) is 0.627. The van der Waals surface area contributed by atoms with E-state index in [0.717, 1.165) is 0 Å². The first kappa shape index (κ1) is 13.4. The molecule has 0 aliphatic heterocycles. The van der Waals surface area contributed by atoms with Gasteiger partial charge in [0.1, 0.15) is 12.2 Å². The van der Waals surface area contributed by atoms with Crippen LogP contribution in [0.25, 0.3) is 0 Å². The van der Waals surface area contributed by atoms with E-state index in [-0.39, 0.29) is 6.29 Å². The number of aldehydes is 1. The minimum atomic E-state index is -4.91. The average Bonchev–Trinajstić information content (AvgIpc) is 2.10. The molecule has 0 rings (SSSR count). The fourth-order valence-corrected chi connectivity index (χ4v) is 1.07. The normalized spacial score (nSPS) is 18.6. The van der Waals surface area contributed by atoms with Gasteiger partial charge in [-0.1, -0.05) is 0 Å². The summed E-state index contributed by atoms with van der Waals surface area (Å²) in [6.07, 6.45) is -5.78. The predicted octanol–water partition coefficient (Wildman–Crippen LogP) is -2.91. The summed E-state index contributed by atoms with van der Waals surface area (Å²) in [6.45, 7) is -0.889. The van der Waals surface area contributed by atoms with Crippen molar-refractivity contribution >= 4 is 16.7 Å². The average molecular weight is 230 g/mol. The van der Waals surface area contributed by atoms with Gasteiger partial charge in [0.15, 0.2) is 12.4 Å². The van der Waals surface area contributed by atoms with Crippen LogP contribution in [-0.2, 0) is 19.4 Å². The van der Waals surface area contributed by atoms with Gasteiger partial charge in [-0.3, -0.25) is 4.55 Å². The maximum atomic E-state index is 10.2. The van der Waals surface area contributed by atoms with Crippen LogP contribution in [0.4, 0.5) is 0 Å². The van der Waals surface area contributed by atoms with Crippen LogP contribution in [0.5, 0.6) is 0 Å². The zero-order valence-corrected chi connectivity index (χ0v) is 7.66. The molecule has 0 bridgehead atoms. The largest absolute Gasteiger partial charge is 0.398 e. The Labute approximate surface area is 79.7 Å². The van der Waals surface area contributed by atoms with Crippen molar-refractivity contribution in [2.45, 2.75) is 18.3 Å². The highest BCUT2D eigenvalue weighted by atomic mass is 32.3. The minimum absolute atomic E-state index is 0.128. The van der Waals surface area contributed by atoms with Gasteiger partial charge in [0.05, 0.1) is 6.61 Å². The molecule has 8 nitrogen and oxygen atoms in total. The minimum Gasteiger partial charge on any atom is -0.394 e. The van der Waals surface area contributed by atoms with Crippen molar-refractivity contribution in [1.82, 2.24) is 0 Å². The lowest BCUT2D eigenvalue weighted by molar-refractivity contribution is -0.125. The number of rotatable bonds is 6. The lowest BCUT2D eigenvalue weighted by atomic mass is 10.1. The van der Waals surface area contributed by atoms with Gasteiger partial charge >= 0.3 is 10.4 Å². The van der Waals surface area contributed by atoms with Crippen LogP contribution in [0.2, 0.25) is 0 Å². The second-order valence-corrected chi connectivity index (χ2v) is 3.41. The molecule has 0 fully saturated rings. The van der Waals surface area contributed by atoms with Crippen LogP contribution in [0.3, 0.4) is 0 Å². The van der Waals surface area contributed by atoms with E-state index in [9.17, 15) is 13.2 Å². The van der Waals surface area contributed by atoms with Crippen molar-refractivity contribution in [3.8, 4) is 0 Å². The molecule has 0 heterocycles. The van der Waals surface area contributed by atoms with E-state index in [0.29, 0.717) is 0 Å². The zero-order valence-electron chi connectivity index (χ0n) is 6.85. The Kier molecular flexibility index (Phi) is 5.12. The molecule has 0 unspecified atom stereocenters. The molecule has 0 saturated heterocycles. The van der Waals surface area contributed by atoms with Crippen molar-refractivity contribution in [3.63, 3.8) is 0 Å². The smallest absolute Gasteiger partial charge is 0.394 e. The van der Waals surface area contributed by atoms with Crippen LogP contribution in [0.15, 0.2) is 0 Å². The lowest BCUT2D eigenvalue weighted by Crippen LogP contribution is -2.42. The summed E-state index contributed by atoms with van der Waals surface area (Å²) >= 11 is 0. The van der Waals surface area contributed by atoms with E-state index in [1.54, 1.807) is 0 Å². The maximum absolute atomic E-state index is 10.2. The highest BCUT2D eigenvalue weighted by molar-refractivity contribution is 7.80. The molecular formula is C5H10O8S. The van der Waals surface area contributed by atoms with Gasteiger partial charge in [0.2, 0.25) is 0 Å². The van der Waals surface area contributed by atoms with Gasteiger partial charge in [0.25, 0.3) is 0 Å². The second kappa shape index (κ2) is 5.34. The number of carbonyl (C=O) groups excluding carboxylic acids is 1. The topological polar surface area (TPSA) is 141 Å². The number of hydrogen-bond acceptors (Lipinski definition) is 7. The molecule has 14 heavy (non-hydrogen) atoms. The second-order valence-electron chi connectivity index (χ2n) is 2.37. The van der Waals surface area contributed by atoms with Crippen LogP contribution >= 0.6 is 0 Å². The highest BCUT2D eigenvalue weighted by Gasteiger charge is 2.30. The maximum Gasteiger partial charge on any atom is 0.398 e. The first-order valence-electron chi connectivity index (χ1n) is 3.39. The van der Waals surface area contributed by atoms with Crippen LogP contribution in [-0.4, -0.2) is 59.5 Å². The monoisotopic (exact) mass is 230 g/mol. The van der Waals surface area contributed by atoms with E-state index in [2.05, 4.69) is 4.18 Å². The third kappa shape index (κ3) is 4.60. The van der Waals surface area contributed by atoms with Crippen molar-refractivity contribution in [2.75, 3.05) is 6.61 Å². The Bertz CT molecular complexity index is 271. The molecule has 0 aliphatic carbocycles. The number of aliphatic hydroxyl groups excluding tert-OH is 3. The van der Waals surface area contributed by atoms with Gasteiger partial charge in [-0.15, -0.1) is 0 Å². The Morgan fingerprint density at radius 3 is 2.14 bits per heavy atom. The summed E-state index contributed by atoms with van der Waals surface area (Å²) in [6, 6.07) is 0. The standard InChI is InChI=1S/C5H10O8S/c6-1-3(8)5(9)4(2-7)13-14(10,11)12/h2-6,8-9H,1H2,(H,10,11,12)/t3-,4-,5+/m1/s1. The zero-order chi connectivity index (χ0) is 11.4. The van der Waals surface area contributed by atoms with Gasteiger partial charge in [-0.25, -0.2) is 4.18 Å². The molecule has 0 aromatic rings. The predicted molar refractivity (Wildman–Crippen MR) is 41.6 cm³/mol. The van der Waals surface area contributed by atoms with E-state index in [1.165, 1.54) is 0 Å². The van der Waals surface area contributed by atoms with Crippen LogP contribution in [0, 0.1) is 0 Å². The quantitative estimate of drug-likeness (QED) is 0.281. The van der Waals surface area contributed by atoms with Gasteiger partial charge < -0.3 is 20.1 Å². The molecule has 0 saturated carbocycles.